The van der Waals surface area contributed by atoms with E-state index in [2.05, 4.69) is 29.6 Å². The van der Waals surface area contributed by atoms with Crippen LogP contribution in [0.4, 0.5) is 10.5 Å². The van der Waals surface area contributed by atoms with Gasteiger partial charge in [0, 0.05) is 11.6 Å². The van der Waals surface area contributed by atoms with E-state index in [9.17, 15) is 9.59 Å². The number of carboxylic acids is 1. The molecular weight excluding hydrogens is 414 g/mol. The third-order valence-electron chi connectivity index (χ3n) is 5.92. The summed E-state index contributed by atoms with van der Waals surface area (Å²) in [7, 11) is 0. The average Bonchev–Trinajstić information content (AvgIpc) is 3.17. The van der Waals surface area contributed by atoms with Gasteiger partial charge in [0.25, 0.3) is 0 Å². The Morgan fingerprint density at radius 2 is 1.39 bits per heavy atom. The Bertz CT molecular complexity index is 1300. The van der Waals surface area contributed by atoms with Crippen molar-refractivity contribution < 1.29 is 19.4 Å². The van der Waals surface area contributed by atoms with Crippen LogP contribution in [-0.4, -0.2) is 23.8 Å². The molecule has 5 heteroatoms. The number of rotatable bonds is 5. The maximum atomic E-state index is 12.6. The average molecular weight is 435 g/mol. The van der Waals surface area contributed by atoms with E-state index in [1.54, 1.807) is 30.3 Å². The molecule has 0 spiro atoms. The topological polar surface area (TPSA) is 75.6 Å². The molecule has 0 aliphatic heterocycles. The Hall–Kier alpha value is -4.38. The third kappa shape index (κ3) is 4.08. The Morgan fingerprint density at radius 3 is 2.03 bits per heavy atom. The fraction of sp³-hybridized carbons (Fsp3) is 0.0714. The van der Waals surface area contributed by atoms with Crippen LogP contribution in [-0.2, 0) is 4.74 Å². The van der Waals surface area contributed by atoms with Crippen molar-refractivity contribution in [2.45, 2.75) is 5.92 Å². The number of ether oxygens (including phenoxy) is 1. The molecule has 0 aromatic heterocycles. The Balaban J connectivity index is 1.28. The van der Waals surface area contributed by atoms with Crippen molar-refractivity contribution in [3.05, 3.63) is 114 Å². The molecule has 4 aromatic rings. The van der Waals surface area contributed by atoms with Crippen LogP contribution in [0, 0.1) is 0 Å². The number of benzene rings is 4. The summed E-state index contributed by atoms with van der Waals surface area (Å²) in [5.41, 5.74) is 7.25. The molecule has 0 atom stereocenters. The van der Waals surface area contributed by atoms with Crippen LogP contribution in [0.25, 0.3) is 22.3 Å². The molecule has 33 heavy (non-hydrogen) atoms. The van der Waals surface area contributed by atoms with Gasteiger partial charge in [0.2, 0.25) is 0 Å². The summed E-state index contributed by atoms with van der Waals surface area (Å²) in [6.45, 7) is 0.246. The zero-order valence-corrected chi connectivity index (χ0v) is 17.7. The van der Waals surface area contributed by atoms with Gasteiger partial charge in [0.1, 0.15) is 6.61 Å². The second kappa shape index (κ2) is 8.63. The Kier molecular flexibility index (Phi) is 5.37. The first-order valence-electron chi connectivity index (χ1n) is 10.7. The fourth-order valence-electron chi connectivity index (χ4n) is 4.33. The number of nitrogens with one attached hydrogen (secondary N) is 1. The van der Waals surface area contributed by atoms with E-state index in [1.165, 1.54) is 22.3 Å². The van der Waals surface area contributed by atoms with Crippen molar-refractivity contribution in [1.29, 1.82) is 0 Å². The molecule has 4 aromatic carbocycles. The highest BCUT2D eigenvalue weighted by Crippen LogP contribution is 2.44. The minimum Gasteiger partial charge on any atom is -0.478 e. The van der Waals surface area contributed by atoms with Crippen molar-refractivity contribution >= 4 is 17.7 Å². The molecule has 1 aliphatic carbocycles. The lowest BCUT2D eigenvalue weighted by molar-refractivity contribution is 0.0697. The summed E-state index contributed by atoms with van der Waals surface area (Å²) in [6, 6.07) is 30.4. The third-order valence-corrected chi connectivity index (χ3v) is 5.92. The monoisotopic (exact) mass is 435 g/mol. The molecule has 5 nitrogen and oxygen atoms in total. The van der Waals surface area contributed by atoms with E-state index in [0.29, 0.717) is 5.69 Å². The maximum absolute atomic E-state index is 12.6. The van der Waals surface area contributed by atoms with Crippen molar-refractivity contribution in [2.24, 2.45) is 0 Å². The molecule has 0 saturated heterocycles. The first kappa shape index (κ1) is 20.5. The Morgan fingerprint density at radius 1 is 0.758 bits per heavy atom. The largest absolute Gasteiger partial charge is 0.478 e. The van der Waals surface area contributed by atoms with Crippen LogP contribution in [0.5, 0.6) is 0 Å². The maximum Gasteiger partial charge on any atom is 0.411 e. The summed E-state index contributed by atoms with van der Waals surface area (Å²) < 4.78 is 5.62. The number of hydrogen-bond donors (Lipinski definition) is 2. The van der Waals surface area contributed by atoms with Gasteiger partial charge in [0.05, 0.1) is 5.56 Å². The highest BCUT2D eigenvalue weighted by atomic mass is 16.5. The summed E-state index contributed by atoms with van der Waals surface area (Å²) in [5, 5.41) is 11.9. The van der Waals surface area contributed by atoms with Gasteiger partial charge in [0.15, 0.2) is 0 Å². The summed E-state index contributed by atoms with van der Waals surface area (Å²) in [6.07, 6.45) is -0.518. The lowest BCUT2D eigenvalue weighted by Crippen LogP contribution is -2.17. The van der Waals surface area contributed by atoms with Gasteiger partial charge in [-0.3, -0.25) is 5.32 Å². The molecule has 1 amide bonds. The minimum absolute atomic E-state index is 0.00207. The normalized spacial score (nSPS) is 12.0. The molecular formula is C28H21NO4. The summed E-state index contributed by atoms with van der Waals surface area (Å²) in [5.74, 6) is -0.963. The fourth-order valence-corrected chi connectivity index (χ4v) is 4.33. The lowest BCUT2D eigenvalue weighted by Gasteiger charge is -2.15. The molecule has 0 heterocycles. The zero-order valence-electron chi connectivity index (χ0n) is 17.7. The number of carbonyl (C=O) groups excluding carboxylic acids is 1. The predicted octanol–water partition coefficient (Wildman–Crippen LogP) is 6.41. The molecule has 0 radical (unpaired) electrons. The number of fused-ring (bicyclic) bond motifs is 3. The molecule has 2 N–H and O–H groups in total. The first-order chi connectivity index (χ1) is 16.1. The van der Waals surface area contributed by atoms with E-state index < -0.39 is 12.1 Å². The van der Waals surface area contributed by atoms with Gasteiger partial charge in [-0.2, -0.15) is 0 Å². The Labute approximate surface area is 191 Å². The summed E-state index contributed by atoms with van der Waals surface area (Å²) in [4.78, 5) is 23.6. The molecule has 0 saturated carbocycles. The molecule has 5 rings (SSSR count). The van der Waals surface area contributed by atoms with Crippen LogP contribution in [0.2, 0.25) is 0 Å². The summed E-state index contributed by atoms with van der Waals surface area (Å²) >= 11 is 0. The van der Waals surface area contributed by atoms with E-state index in [1.807, 2.05) is 42.5 Å². The number of amides is 1. The predicted molar refractivity (Wildman–Crippen MR) is 128 cm³/mol. The number of aromatic carboxylic acids is 1. The molecule has 1 aliphatic rings. The van der Waals surface area contributed by atoms with Crippen LogP contribution < -0.4 is 5.32 Å². The van der Waals surface area contributed by atoms with Gasteiger partial charge >= 0.3 is 12.1 Å². The smallest absolute Gasteiger partial charge is 0.411 e. The van der Waals surface area contributed by atoms with Crippen molar-refractivity contribution in [3.8, 4) is 22.3 Å². The van der Waals surface area contributed by atoms with E-state index in [-0.39, 0.29) is 18.1 Å². The van der Waals surface area contributed by atoms with E-state index >= 15 is 0 Å². The van der Waals surface area contributed by atoms with Gasteiger partial charge in [-0.1, -0.05) is 72.8 Å². The standard InChI is InChI=1S/C28H21NO4/c30-27(31)19-14-12-18(13-15-19)20-6-5-7-21(16-20)29-28(32)33-17-26-24-10-3-1-8-22(24)23-9-2-4-11-25(23)26/h1-16,26H,17H2,(H,29,32)(H,30,31). The van der Waals surface area contributed by atoms with Crippen LogP contribution in [0.1, 0.15) is 27.4 Å². The zero-order chi connectivity index (χ0) is 22.8. The van der Waals surface area contributed by atoms with E-state index in [4.69, 9.17) is 9.84 Å². The number of anilines is 1. The van der Waals surface area contributed by atoms with Gasteiger partial charge < -0.3 is 9.84 Å². The van der Waals surface area contributed by atoms with Crippen LogP contribution in [0.15, 0.2) is 97.1 Å². The minimum atomic E-state index is -0.966. The SMILES string of the molecule is O=C(Nc1cccc(-c2ccc(C(=O)O)cc2)c1)OCC1c2ccccc2-c2ccccc21. The highest BCUT2D eigenvalue weighted by molar-refractivity contribution is 5.89. The second-order valence-electron chi connectivity index (χ2n) is 7.91. The second-order valence-corrected chi connectivity index (χ2v) is 7.91. The number of hydrogen-bond acceptors (Lipinski definition) is 3. The molecule has 0 bridgehead atoms. The molecule has 0 unspecified atom stereocenters. The van der Waals surface area contributed by atoms with Crippen molar-refractivity contribution in [2.75, 3.05) is 11.9 Å². The highest BCUT2D eigenvalue weighted by Gasteiger charge is 2.29. The van der Waals surface area contributed by atoms with E-state index in [0.717, 1.165) is 11.1 Å². The van der Waals surface area contributed by atoms with Crippen LogP contribution >= 0.6 is 0 Å². The number of carboxylic acid groups (broad SMARTS) is 1. The van der Waals surface area contributed by atoms with Crippen LogP contribution in [0.3, 0.4) is 0 Å². The van der Waals surface area contributed by atoms with Gasteiger partial charge in [-0.25, -0.2) is 9.59 Å². The van der Waals surface area contributed by atoms with Crippen molar-refractivity contribution in [1.82, 2.24) is 0 Å². The molecule has 0 fully saturated rings. The van der Waals surface area contributed by atoms with Crippen molar-refractivity contribution in [3.63, 3.8) is 0 Å². The first-order valence-corrected chi connectivity index (χ1v) is 10.7. The number of carbonyl (C=O) groups is 2. The van der Waals surface area contributed by atoms with Gasteiger partial charge in [-0.15, -0.1) is 0 Å². The van der Waals surface area contributed by atoms with Gasteiger partial charge in [-0.05, 0) is 57.6 Å². The molecule has 162 valence electrons. The lowest BCUT2D eigenvalue weighted by atomic mass is 9.98. The quantitative estimate of drug-likeness (QED) is 0.380.